The van der Waals surface area contributed by atoms with E-state index in [1.807, 2.05) is 32.0 Å². The molecule has 0 aliphatic carbocycles. The average Bonchev–Trinajstić information content (AvgIpc) is 2.91. The van der Waals surface area contributed by atoms with Gasteiger partial charge in [0, 0.05) is 11.1 Å². The quantitative estimate of drug-likeness (QED) is 0.272. The summed E-state index contributed by atoms with van der Waals surface area (Å²) in [4.78, 5) is 25.3. The van der Waals surface area contributed by atoms with Gasteiger partial charge in [-0.2, -0.15) is 10.4 Å². The van der Waals surface area contributed by atoms with Crippen molar-refractivity contribution in [3.05, 3.63) is 93.5 Å². The van der Waals surface area contributed by atoms with E-state index in [1.54, 1.807) is 55.6 Å². The Morgan fingerprint density at radius 1 is 1.11 bits per heavy atom. The number of carbonyl (C=O) groups is 2. The zero-order chi connectivity index (χ0) is 26.8. The summed E-state index contributed by atoms with van der Waals surface area (Å²) in [6.07, 6.45) is 1.50. The van der Waals surface area contributed by atoms with Crippen molar-refractivity contribution >= 4 is 34.0 Å². The van der Waals surface area contributed by atoms with Crippen molar-refractivity contribution in [1.82, 2.24) is 10.7 Å². The van der Waals surface area contributed by atoms with Gasteiger partial charge >= 0.3 is 0 Å². The SMILES string of the molecule is COc1ccc(C(=O)NC(C(=O)NN=Cc2ccc(OCc3ccccc3C#N)c(Br)c2)C(C)C)cc1. The summed E-state index contributed by atoms with van der Waals surface area (Å²) in [6, 6.07) is 20.6. The minimum atomic E-state index is -0.773. The molecule has 1 unspecified atom stereocenters. The molecule has 3 aromatic rings. The molecule has 0 fully saturated rings. The van der Waals surface area contributed by atoms with Crippen LogP contribution >= 0.6 is 15.9 Å². The van der Waals surface area contributed by atoms with Crippen molar-refractivity contribution in [2.75, 3.05) is 7.11 Å². The Bertz CT molecular complexity index is 1320. The molecule has 0 heterocycles. The number of hydrogen-bond donors (Lipinski definition) is 2. The number of benzene rings is 3. The molecule has 0 aliphatic heterocycles. The Kier molecular flexibility index (Phi) is 9.81. The van der Waals surface area contributed by atoms with Gasteiger partial charge in [0.25, 0.3) is 11.8 Å². The van der Waals surface area contributed by atoms with E-state index in [9.17, 15) is 14.9 Å². The van der Waals surface area contributed by atoms with Gasteiger partial charge in [-0.1, -0.05) is 32.0 Å². The first kappa shape index (κ1) is 27.4. The fourth-order valence-corrected chi connectivity index (χ4v) is 3.88. The van der Waals surface area contributed by atoms with E-state index in [-0.39, 0.29) is 18.4 Å². The molecule has 1 atom stereocenters. The van der Waals surface area contributed by atoms with E-state index in [0.29, 0.717) is 27.1 Å². The summed E-state index contributed by atoms with van der Waals surface area (Å²) in [5, 5.41) is 16.0. The van der Waals surface area contributed by atoms with E-state index in [1.165, 1.54) is 6.21 Å². The van der Waals surface area contributed by atoms with E-state index >= 15 is 0 Å². The Hall–Kier alpha value is -4.16. The fraction of sp³-hybridized carbons (Fsp3) is 0.214. The minimum Gasteiger partial charge on any atom is -0.497 e. The second-order valence-corrected chi connectivity index (χ2v) is 9.26. The topological polar surface area (TPSA) is 113 Å². The van der Waals surface area contributed by atoms with Crippen molar-refractivity contribution in [1.29, 1.82) is 5.26 Å². The molecule has 37 heavy (non-hydrogen) atoms. The van der Waals surface area contributed by atoms with Crippen molar-refractivity contribution in [3.8, 4) is 17.6 Å². The van der Waals surface area contributed by atoms with Crippen molar-refractivity contribution in [2.45, 2.75) is 26.5 Å². The number of carbonyl (C=O) groups excluding carboxylic acids is 2. The van der Waals surface area contributed by atoms with Crippen molar-refractivity contribution in [2.24, 2.45) is 11.0 Å². The molecule has 0 radical (unpaired) electrons. The zero-order valence-corrected chi connectivity index (χ0v) is 22.3. The molecule has 190 valence electrons. The zero-order valence-electron chi connectivity index (χ0n) is 20.7. The van der Waals surface area contributed by atoms with Crippen LogP contribution in [0.15, 0.2) is 76.3 Å². The normalized spacial score (nSPS) is 11.6. The standard InChI is InChI=1S/C28H27BrN4O4/c1-18(2)26(32-27(34)20-9-11-23(36-3)12-10-20)28(35)33-31-16-19-8-13-25(24(29)14-19)37-17-22-7-5-4-6-21(22)15-30/h4-14,16,18,26H,17H2,1-3H3,(H,32,34)(H,33,35). The second-order valence-electron chi connectivity index (χ2n) is 8.41. The molecule has 0 aliphatic rings. The van der Waals surface area contributed by atoms with Gasteiger partial charge in [0.2, 0.25) is 0 Å². The van der Waals surface area contributed by atoms with Crippen LogP contribution in [0, 0.1) is 17.2 Å². The first-order chi connectivity index (χ1) is 17.8. The molecule has 2 N–H and O–H groups in total. The first-order valence-electron chi connectivity index (χ1n) is 11.5. The molecule has 0 spiro atoms. The van der Waals surface area contributed by atoms with Crippen LogP contribution in [-0.4, -0.2) is 31.2 Å². The van der Waals surface area contributed by atoms with Gasteiger partial charge in [-0.3, -0.25) is 9.59 Å². The highest BCUT2D eigenvalue weighted by Crippen LogP contribution is 2.26. The van der Waals surface area contributed by atoms with Crippen molar-refractivity contribution in [3.63, 3.8) is 0 Å². The summed E-state index contributed by atoms with van der Waals surface area (Å²) in [5.41, 5.74) is 5.01. The smallest absolute Gasteiger partial charge is 0.262 e. The van der Waals surface area contributed by atoms with Crippen LogP contribution in [0.4, 0.5) is 0 Å². The number of nitriles is 1. The predicted molar refractivity (Wildman–Crippen MR) is 144 cm³/mol. The molecule has 3 rings (SSSR count). The van der Waals surface area contributed by atoms with Gasteiger partial charge < -0.3 is 14.8 Å². The van der Waals surface area contributed by atoms with Gasteiger partial charge in [0.15, 0.2) is 0 Å². The van der Waals surface area contributed by atoms with E-state index in [0.717, 1.165) is 11.1 Å². The maximum atomic E-state index is 12.7. The number of hydrazone groups is 1. The molecule has 3 aromatic carbocycles. The largest absolute Gasteiger partial charge is 0.497 e. The van der Waals surface area contributed by atoms with Crippen LogP contribution in [0.1, 0.15) is 40.9 Å². The number of halogens is 1. The molecule has 0 saturated carbocycles. The summed E-state index contributed by atoms with van der Waals surface area (Å²) in [7, 11) is 1.55. The predicted octanol–water partition coefficient (Wildman–Crippen LogP) is 4.81. The highest BCUT2D eigenvalue weighted by Gasteiger charge is 2.24. The number of hydrogen-bond acceptors (Lipinski definition) is 6. The van der Waals surface area contributed by atoms with Crippen LogP contribution in [-0.2, 0) is 11.4 Å². The number of nitrogens with zero attached hydrogens (tertiary/aromatic N) is 2. The van der Waals surface area contributed by atoms with Crippen LogP contribution in [0.5, 0.6) is 11.5 Å². The molecule has 0 saturated heterocycles. The van der Waals surface area contributed by atoms with Crippen LogP contribution in [0.25, 0.3) is 0 Å². The van der Waals surface area contributed by atoms with Gasteiger partial charge in [-0.05, 0) is 75.9 Å². The molecule has 0 bridgehead atoms. The van der Waals surface area contributed by atoms with Crippen LogP contribution in [0.2, 0.25) is 0 Å². The number of rotatable bonds is 10. The Morgan fingerprint density at radius 2 is 1.84 bits per heavy atom. The maximum absolute atomic E-state index is 12.7. The fourth-order valence-electron chi connectivity index (χ4n) is 3.37. The van der Waals surface area contributed by atoms with Gasteiger partial charge in [-0.15, -0.1) is 0 Å². The Morgan fingerprint density at radius 3 is 2.49 bits per heavy atom. The number of methoxy groups -OCH3 is 1. The van der Waals surface area contributed by atoms with E-state index < -0.39 is 11.9 Å². The average molecular weight is 563 g/mol. The number of ether oxygens (including phenoxy) is 2. The van der Waals surface area contributed by atoms with E-state index in [4.69, 9.17) is 9.47 Å². The highest BCUT2D eigenvalue weighted by atomic mass is 79.9. The third-order valence-electron chi connectivity index (χ3n) is 5.45. The lowest BCUT2D eigenvalue weighted by Crippen LogP contribution is -2.48. The summed E-state index contributed by atoms with van der Waals surface area (Å²) in [5.74, 6) is 0.296. The van der Waals surface area contributed by atoms with Gasteiger partial charge in [0.05, 0.1) is 29.4 Å². The summed E-state index contributed by atoms with van der Waals surface area (Å²) < 4.78 is 11.7. The monoisotopic (exact) mass is 562 g/mol. The lowest BCUT2D eigenvalue weighted by Gasteiger charge is -2.20. The Labute approximate surface area is 224 Å². The number of amides is 2. The highest BCUT2D eigenvalue weighted by molar-refractivity contribution is 9.10. The Balaban J connectivity index is 1.58. The minimum absolute atomic E-state index is 0.158. The molecular weight excluding hydrogens is 536 g/mol. The molecule has 0 aromatic heterocycles. The molecular formula is C28H27BrN4O4. The van der Waals surface area contributed by atoms with Gasteiger partial charge in [0.1, 0.15) is 24.1 Å². The lowest BCUT2D eigenvalue weighted by molar-refractivity contribution is -0.123. The van der Waals surface area contributed by atoms with E-state index in [2.05, 4.69) is 37.8 Å². The molecule has 9 heteroatoms. The van der Waals surface area contributed by atoms with Crippen molar-refractivity contribution < 1.29 is 19.1 Å². The molecule has 8 nitrogen and oxygen atoms in total. The third-order valence-corrected chi connectivity index (χ3v) is 6.07. The van der Waals surface area contributed by atoms with Crippen LogP contribution < -0.4 is 20.2 Å². The second kappa shape index (κ2) is 13.2. The van der Waals surface area contributed by atoms with Gasteiger partial charge in [-0.25, -0.2) is 5.43 Å². The first-order valence-corrected chi connectivity index (χ1v) is 12.3. The lowest BCUT2D eigenvalue weighted by atomic mass is 10.0. The number of nitrogens with one attached hydrogen (secondary N) is 2. The van der Waals surface area contributed by atoms with Crippen LogP contribution in [0.3, 0.4) is 0 Å². The molecule has 2 amide bonds. The third kappa shape index (κ3) is 7.66. The maximum Gasteiger partial charge on any atom is 0.262 e. The summed E-state index contributed by atoms with van der Waals surface area (Å²) in [6.45, 7) is 3.94. The summed E-state index contributed by atoms with van der Waals surface area (Å²) >= 11 is 3.48.